The number of benzene rings is 3. The molecule has 6 heteroatoms. The minimum atomic E-state index is -0.747. The maximum absolute atomic E-state index is 13.1. The van der Waals surface area contributed by atoms with Gasteiger partial charge < -0.3 is 4.74 Å². The topological polar surface area (TPSA) is 75.7 Å². The predicted octanol–water partition coefficient (Wildman–Crippen LogP) is 4.80. The first-order chi connectivity index (χ1) is 16.0. The van der Waals surface area contributed by atoms with E-state index in [0.29, 0.717) is 30.0 Å². The lowest BCUT2D eigenvalue weighted by atomic mass is 10.0. The van der Waals surface area contributed by atoms with Crippen molar-refractivity contribution in [2.24, 2.45) is 0 Å². The first-order valence-corrected chi connectivity index (χ1v) is 10.7. The third-order valence-corrected chi connectivity index (χ3v) is 5.43. The molecular formula is C27H24N2O4. The number of rotatable bonds is 6. The van der Waals surface area contributed by atoms with Crippen LogP contribution in [0.4, 0.5) is 10.5 Å². The second-order valence-corrected chi connectivity index (χ2v) is 7.78. The van der Waals surface area contributed by atoms with Gasteiger partial charge in [-0.2, -0.15) is 0 Å². The summed E-state index contributed by atoms with van der Waals surface area (Å²) in [6, 6.07) is 21.6. The van der Waals surface area contributed by atoms with Crippen molar-refractivity contribution in [2.45, 2.75) is 26.9 Å². The van der Waals surface area contributed by atoms with E-state index in [0.717, 1.165) is 16.0 Å². The summed E-state index contributed by atoms with van der Waals surface area (Å²) >= 11 is 0. The summed E-state index contributed by atoms with van der Waals surface area (Å²) in [5.41, 5.74) is 4.11. The molecule has 4 rings (SSSR count). The highest BCUT2D eigenvalue weighted by molar-refractivity contribution is 6.39. The van der Waals surface area contributed by atoms with Gasteiger partial charge in [0.05, 0.1) is 5.69 Å². The van der Waals surface area contributed by atoms with Crippen LogP contribution in [-0.4, -0.2) is 17.8 Å². The standard InChI is InChI=1S/C27H24N2O4/c1-3-21-6-4-5-7-24(21)29-26(31)23(25(30)28-27(29)32)16-19-12-14-22(15-13-19)33-17-20-10-8-18(2)9-11-20/h4-16H,3,17H2,1-2H3,(H,28,30,32)/b23-16-. The van der Waals surface area contributed by atoms with Crippen molar-refractivity contribution in [2.75, 3.05) is 4.90 Å². The van der Waals surface area contributed by atoms with Gasteiger partial charge in [0.25, 0.3) is 11.8 Å². The van der Waals surface area contributed by atoms with Gasteiger partial charge in [-0.25, -0.2) is 9.69 Å². The molecule has 0 saturated carbocycles. The zero-order valence-electron chi connectivity index (χ0n) is 18.5. The second kappa shape index (κ2) is 9.53. The van der Waals surface area contributed by atoms with Crippen LogP contribution in [0.2, 0.25) is 0 Å². The molecule has 1 saturated heterocycles. The fourth-order valence-electron chi connectivity index (χ4n) is 3.58. The highest BCUT2D eigenvalue weighted by Gasteiger charge is 2.37. The predicted molar refractivity (Wildman–Crippen MR) is 127 cm³/mol. The lowest BCUT2D eigenvalue weighted by Gasteiger charge is -2.27. The molecule has 166 valence electrons. The molecule has 0 radical (unpaired) electrons. The van der Waals surface area contributed by atoms with E-state index in [1.807, 2.05) is 50.2 Å². The van der Waals surface area contributed by atoms with Crippen LogP contribution in [0.3, 0.4) is 0 Å². The number of anilines is 1. The molecule has 3 aromatic carbocycles. The van der Waals surface area contributed by atoms with Gasteiger partial charge in [0.2, 0.25) is 0 Å². The molecule has 1 aliphatic heterocycles. The van der Waals surface area contributed by atoms with Gasteiger partial charge in [-0.05, 0) is 54.3 Å². The Kier molecular flexibility index (Phi) is 6.36. The number of carbonyl (C=O) groups excluding carboxylic acids is 3. The van der Waals surface area contributed by atoms with E-state index in [-0.39, 0.29) is 5.57 Å². The van der Waals surface area contributed by atoms with Crippen LogP contribution in [-0.2, 0) is 22.6 Å². The first-order valence-electron chi connectivity index (χ1n) is 10.7. The zero-order chi connectivity index (χ0) is 23.4. The van der Waals surface area contributed by atoms with E-state index >= 15 is 0 Å². The zero-order valence-corrected chi connectivity index (χ0v) is 18.5. The summed E-state index contributed by atoms with van der Waals surface area (Å²) in [5.74, 6) is -0.690. The average Bonchev–Trinajstić information content (AvgIpc) is 2.82. The number of nitrogens with zero attached hydrogens (tertiary/aromatic N) is 1. The van der Waals surface area contributed by atoms with Crippen molar-refractivity contribution in [3.8, 4) is 5.75 Å². The largest absolute Gasteiger partial charge is 0.489 e. The number of hydrogen-bond donors (Lipinski definition) is 1. The number of para-hydroxylation sites is 1. The van der Waals surface area contributed by atoms with Crippen LogP contribution in [0, 0.1) is 6.92 Å². The molecule has 6 nitrogen and oxygen atoms in total. The summed E-state index contributed by atoms with van der Waals surface area (Å²) in [4.78, 5) is 39.0. The first kappa shape index (κ1) is 22.0. The molecular weight excluding hydrogens is 416 g/mol. The molecule has 0 aromatic heterocycles. The summed E-state index contributed by atoms with van der Waals surface area (Å²) < 4.78 is 5.81. The number of amides is 4. The summed E-state index contributed by atoms with van der Waals surface area (Å²) in [7, 11) is 0. The molecule has 0 atom stereocenters. The summed E-state index contributed by atoms with van der Waals surface area (Å²) in [6.45, 7) is 4.41. The minimum Gasteiger partial charge on any atom is -0.489 e. The van der Waals surface area contributed by atoms with Crippen molar-refractivity contribution in [3.05, 3.63) is 101 Å². The molecule has 1 N–H and O–H groups in total. The molecule has 0 spiro atoms. The number of carbonyl (C=O) groups is 3. The highest BCUT2D eigenvalue weighted by Crippen LogP contribution is 2.26. The molecule has 0 aliphatic carbocycles. The number of urea groups is 1. The number of barbiturate groups is 1. The van der Waals surface area contributed by atoms with Crippen LogP contribution < -0.4 is 15.0 Å². The molecule has 1 aliphatic rings. The Labute approximate surface area is 192 Å². The van der Waals surface area contributed by atoms with Crippen molar-refractivity contribution < 1.29 is 19.1 Å². The molecule has 1 fully saturated rings. The Balaban J connectivity index is 1.53. The van der Waals surface area contributed by atoms with E-state index in [1.165, 1.54) is 11.6 Å². The van der Waals surface area contributed by atoms with Gasteiger partial charge in [-0.3, -0.25) is 14.9 Å². The average molecular weight is 440 g/mol. The van der Waals surface area contributed by atoms with Gasteiger partial charge in [0, 0.05) is 0 Å². The van der Waals surface area contributed by atoms with E-state index in [1.54, 1.807) is 36.4 Å². The fraction of sp³-hybridized carbons (Fsp3) is 0.148. The Morgan fingerprint density at radius 3 is 2.30 bits per heavy atom. The van der Waals surface area contributed by atoms with Crippen LogP contribution in [0.1, 0.15) is 29.2 Å². The Hall–Kier alpha value is -4.19. The van der Waals surface area contributed by atoms with E-state index in [9.17, 15) is 14.4 Å². The third kappa shape index (κ3) is 4.85. The maximum atomic E-state index is 13.1. The summed E-state index contributed by atoms with van der Waals surface area (Å²) in [5, 5.41) is 2.27. The van der Waals surface area contributed by atoms with Crippen LogP contribution in [0.25, 0.3) is 6.08 Å². The van der Waals surface area contributed by atoms with Gasteiger partial charge >= 0.3 is 6.03 Å². The van der Waals surface area contributed by atoms with Crippen LogP contribution >= 0.6 is 0 Å². The van der Waals surface area contributed by atoms with E-state index < -0.39 is 17.8 Å². The molecule has 4 amide bonds. The fourth-order valence-corrected chi connectivity index (χ4v) is 3.58. The Morgan fingerprint density at radius 2 is 1.61 bits per heavy atom. The molecule has 3 aromatic rings. The number of aryl methyl sites for hydroxylation is 2. The lowest BCUT2D eigenvalue weighted by Crippen LogP contribution is -2.54. The smallest absolute Gasteiger partial charge is 0.335 e. The van der Waals surface area contributed by atoms with Gasteiger partial charge in [0.15, 0.2) is 0 Å². The van der Waals surface area contributed by atoms with E-state index in [2.05, 4.69) is 5.32 Å². The molecule has 0 bridgehead atoms. The molecule has 33 heavy (non-hydrogen) atoms. The lowest BCUT2D eigenvalue weighted by molar-refractivity contribution is -0.122. The number of ether oxygens (including phenoxy) is 1. The SMILES string of the molecule is CCc1ccccc1N1C(=O)NC(=O)/C(=C/c2ccc(OCc3ccc(C)cc3)cc2)C1=O. The Morgan fingerprint density at radius 1 is 0.909 bits per heavy atom. The van der Waals surface area contributed by atoms with Crippen molar-refractivity contribution >= 4 is 29.6 Å². The monoisotopic (exact) mass is 440 g/mol. The van der Waals surface area contributed by atoms with Crippen molar-refractivity contribution in [1.82, 2.24) is 5.32 Å². The number of nitrogens with one attached hydrogen (secondary N) is 1. The normalized spacial score (nSPS) is 15.0. The number of hydrogen-bond acceptors (Lipinski definition) is 4. The van der Waals surface area contributed by atoms with Crippen LogP contribution in [0.15, 0.2) is 78.4 Å². The van der Waals surface area contributed by atoms with E-state index in [4.69, 9.17) is 4.74 Å². The Bertz CT molecular complexity index is 1230. The van der Waals surface area contributed by atoms with Crippen molar-refractivity contribution in [1.29, 1.82) is 0 Å². The van der Waals surface area contributed by atoms with Gasteiger partial charge in [-0.1, -0.05) is 67.1 Å². The molecule has 1 heterocycles. The van der Waals surface area contributed by atoms with Gasteiger partial charge in [0.1, 0.15) is 17.9 Å². The summed E-state index contributed by atoms with van der Waals surface area (Å²) in [6.07, 6.45) is 2.12. The third-order valence-electron chi connectivity index (χ3n) is 5.43. The highest BCUT2D eigenvalue weighted by atomic mass is 16.5. The second-order valence-electron chi connectivity index (χ2n) is 7.78. The van der Waals surface area contributed by atoms with Gasteiger partial charge in [-0.15, -0.1) is 0 Å². The maximum Gasteiger partial charge on any atom is 0.335 e. The minimum absolute atomic E-state index is 0.103. The van der Waals surface area contributed by atoms with Crippen molar-refractivity contribution in [3.63, 3.8) is 0 Å². The quantitative estimate of drug-likeness (QED) is 0.441. The number of imide groups is 2. The van der Waals surface area contributed by atoms with Crippen LogP contribution in [0.5, 0.6) is 5.75 Å². The molecule has 0 unspecified atom stereocenters.